The lowest BCUT2D eigenvalue weighted by Gasteiger charge is -2.35. The van der Waals surface area contributed by atoms with Crippen molar-refractivity contribution < 1.29 is 0 Å². The zero-order valence-electron chi connectivity index (χ0n) is 9.98. The summed E-state index contributed by atoms with van der Waals surface area (Å²) >= 11 is 0. The van der Waals surface area contributed by atoms with Gasteiger partial charge in [0.05, 0.1) is 12.5 Å². The van der Waals surface area contributed by atoms with E-state index in [9.17, 15) is 0 Å². The van der Waals surface area contributed by atoms with Crippen LogP contribution in [0.3, 0.4) is 0 Å². The maximum Gasteiger partial charge on any atom is 0.0638 e. The summed E-state index contributed by atoms with van der Waals surface area (Å²) in [6.07, 6.45) is 1.81. The highest BCUT2D eigenvalue weighted by molar-refractivity contribution is 5.40. The fourth-order valence-electron chi connectivity index (χ4n) is 2.34. The van der Waals surface area contributed by atoms with E-state index < -0.39 is 0 Å². The first kappa shape index (κ1) is 11.2. The third-order valence-electron chi connectivity index (χ3n) is 3.61. The number of rotatable bonds is 4. The Morgan fingerprint density at radius 2 is 2.25 bits per heavy atom. The van der Waals surface area contributed by atoms with Gasteiger partial charge in [-0.2, -0.15) is 5.26 Å². The molecule has 2 rings (SSSR count). The molecule has 84 valence electrons. The topological polar surface area (TPSA) is 27.0 Å². The van der Waals surface area contributed by atoms with Gasteiger partial charge in [-0.05, 0) is 31.5 Å². The van der Waals surface area contributed by atoms with Crippen LogP contribution < -0.4 is 0 Å². The standard InChI is InChI=1S/C14H18N2/c1-11(7-8-15)16(2)10-13-9-12-5-3-4-6-14(12)13/h3-6,11,13H,7,9-10H2,1-2H3. The highest BCUT2D eigenvalue weighted by Gasteiger charge is 2.27. The van der Waals surface area contributed by atoms with Gasteiger partial charge in [-0.1, -0.05) is 24.3 Å². The minimum atomic E-state index is 0.359. The van der Waals surface area contributed by atoms with Crippen LogP contribution in [0.25, 0.3) is 0 Å². The predicted octanol–water partition coefficient (Wildman–Crippen LogP) is 2.56. The van der Waals surface area contributed by atoms with Gasteiger partial charge in [0.1, 0.15) is 0 Å². The van der Waals surface area contributed by atoms with Crippen molar-refractivity contribution in [1.82, 2.24) is 4.90 Å². The van der Waals surface area contributed by atoms with E-state index in [1.165, 1.54) is 17.5 Å². The highest BCUT2D eigenvalue weighted by Crippen LogP contribution is 2.35. The quantitative estimate of drug-likeness (QED) is 0.770. The Hall–Kier alpha value is -1.33. The summed E-state index contributed by atoms with van der Waals surface area (Å²) in [5, 5.41) is 8.67. The van der Waals surface area contributed by atoms with Crippen molar-refractivity contribution in [2.45, 2.75) is 31.7 Å². The molecule has 1 aromatic rings. The lowest BCUT2D eigenvalue weighted by Crippen LogP contribution is -2.36. The van der Waals surface area contributed by atoms with Crippen molar-refractivity contribution in [3.05, 3.63) is 35.4 Å². The average molecular weight is 214 g/mol. The van der Waals surface area contributed by atoms with Gasteiger partial charge in [-0.25, -0.2) is 0 Å². The number of nitrogens with zero attached hydrogens (tertiary/aromatic N) is 2. The van der Waals surface area contributed by atoms with E-state index in [2.05, 4.69) is 49.2 Å². The van der Waals surface area contributed by atoms with Crippen molar-refractivity contribution >= 4 is 0 Å². The van der Waals surface area contributed by atoms with Gasteiger partial charge in [0, 0.05) is 18.5 Å². The van der Waals surface area contributed by atoms with Crippen molar-refractivity contribution in [3.63, 3.8) is 0 Å². The third kappa shape index (κ3) is 2.10. The normalized spacial score (nSPS) is 19.8. The second-order valence-electron chi connectivity index (χ2n) is 4.75. The summed E-state index contributed by atoms with van der Waals surface area (Å²) in [6.45, 7) is 3.19. The van der Waals surface area contributed by atoms with Gasteiger partial charge in [0.15, 0.2) is 0 Å². The molecule has 0 radical (unpaired) electrons. The third-order valence-corrected chi connectivity index (χ3v) is 3.61. The number of hydrogen-bond acceptors (Lipinski definition) is 2. The van der Waals surface area contributed by atoms with Gasteiger partial charge in [0.25, 0.3) is 0 Å². The van der Waals surface area contributed by atoms with E-state index in [0.29, 0.717) is 18.4 Å². The lowest BCUT2D eigenvalue weighted by atomic mass is 9.77. The summed E-state index contributed by atoms with van der Waals surface area (Å²) in [5.74, 6) is 0.669. The van der Waals surface area contributed by atoms with Gasteiger partial charge in [0.2, 0.25) is 0 Å². The molecule has 2 heteroatoms. The molecule has 0 N–H and O–H groups in total. The minimum Gasteiger partial charge on any atom is -0.302 e. The van der Waals surface area contributed by atoms with Crippen LogP contribution in [-0.4, -0.2) is 24.5 Å². The molecular formula is C14H18N2. The highest BCUT2D eigenvalue weighted by atomic mass is 15.1. The van der Waals surface area contributed by atoms with Crippen LogP contribution in [0.2, 0.25) is 0 Å². The minimum absolute atomic E-state index is 0.359. The molecule has 0 saturated carbocycles. The second kappa shape index (κ2) is 4.67. The van der Waals surface area contributed by atoms with Crippen molar-refractivity contribution in [1.29, 1.82) is 5.26 Å². The molecule has 16 heavy (non-hydrogen) atoms. The zero-order chi connectivity index (χ0) is 11.5. The van der Waals surface area contributed by atoms with E-state index in [1.807, 2.05) is 0 Å². The molecule has 0 amide bonds. The Morgan fingerprint density at radius 1 is 1.50 bits per heavy atom. The Labute approximate surface area is 97.5 Å². The van der Waals surface area contributed by atoms with Crippen LogP contribution in [0.1, 0.15) is 30.4 Å². The maximum absolute atomic E-state index is 8.67. The van der Waals surface area contributed by atoms with Gasteiger partial charge in [-0.3, -0.25) is 0 Å². The molecule has 2 unspecified atom stereocenters. The molecule has 0 saturated heterocycles. The number of likely N-dealkylation sites (N-methyl/N-ethyl adjacent to an activating group) is 1. The summed E-state index contributed by atoms with van der Waals surface area (Å²) in [6, 6.07) is 11.3. The van der Waals surface area contributed by atoms with E-state index in [4.69, 9.17) is 5.26 Å². The van der Waals surface area contributed by atoms with Crippen molar-refractivity contribution in [2.75, 3.05) is 13.6 Å². The summed E-state index contributed by atoms with van der Waals surface area (Å²) in [5.41, 5.74) is 2.99. The molecule has 0 aliphatic heterocycles. The molecular weight excluding hydrogens is 196 g/mol. The smallest absolute Gasteiger partial charge is 0.0638 e. The molecule has 1 aliphatic rings. The van der Waals surface area contributed by atoms with Crippen molar-refractivity contribution in [2.24, 2.45) is 0 Å². The van der Waals surface area contributed by atoms with Crippen molar-refractivity contribution in [3.8, 4) is 6.07 Å². The predicted molar refractivity (Wildman–Crippen MR) is 65.2 cm³/mol. The number of benzene rings is 1. The molecule has 2 nitrogen and oxygen atoms in total. The fourth-order valence-corrected chi connectivity index (χ4v) is 2.34. The first-order chi connectivity index (χ1) is 7.72. The van der Waals surface area contributed by atoms with Crippen LogP contribution in [0, 0.1) is 11.3 Å². The SMILES string of the molecule is CC(CC#N)N(C)CC1Cc2ccccc21. The first-order valence-corrected chi connectivity index (χ1v) is 5.87. The molecule has 0 aromatic heterocycles. The largest absolute Gasteiger partial charge is 0.302 e. The summed E-state index contributed by atoms with van der Waals surface area (Å²) in [4.78, 5) is 2.30. The van der Waals surface area contributed by atoms with E-state index in [1.54, 1.807) is 0 Å². The molecule has 0 heterocycles. The first-order valence-electron chi connectivity index (χ1n) is 5.87. The number of nitriles is 1. The van der Waals surface area contributed by atoms with E-state index >= 15 is 0 Å². The second-order valence-corrected chi connectivity index (χ2v) is 4.75. The van der Waals surface area contributed by atoms with Crippen LogP contribution >= 0.6 is 0 Å². The molecule has 1 aromatic carbocycles. The lowest BCUT2D eigenvalue weighted by molar-refractivity contribution is 0.236. The van der Waals surface area contributed by atoms with Crippen LogP contribution in [0.4, 0.5) is 0 Å². The average Bonchev–Trinajstić information content (AvgIpc) is 2.26. The molecule has 2 atom stereocenters. The molecule has 1 aliphatic carbocycles. The maximum atomic E-state index is 8.67. The zero-order valence-corrected chi connectivity index (χ0v) is 9.98. The molecule has 0 spiro atoms. The monoisotopic (exact) mass is 214 g/mol. The van der Waals surface area contributed by atoms with Crippen LogP contribution in [0.5, 0.6) is 0 Å². The Balaban J connectivity index is 1.92. The Bertz CT molecular complexity index is 405. The fraction of sp³-hybridized carbons (Fsp3) is 0.500. The Kier molecular flexibility index (Phi) is 3.26. The van der Waals surface area contributed by atoms with Crippen LogP contribution in [0.15, 0.2) is 24.3 Å². The summed E-state index contributed by atoms with van der Waals surface area (Å²) in [7, 11) is 2.11. The van der Waals surface area contributed by atoms with Gasteiger partial charge < -0.3 is 4.90 Å². The number of fused-ring (bicyclic) bond motifs is 1. The van der Waals surface area contributed by atoms with Crippen LogP contribution in [-0.2, 0) is 6.42 Å². The Morgan fingerprint density at radius 3 is 2.94 bits per heavy atom. The molecule has 0 bridgehead atoms. The molecule has 0 fully saturated rings. The van der Waals surface area contributed by atoms with Gasteiger partial charge in [-0.15, -0.1) is 0 Å². The number of hydrogen-bond donors (Lipinski definition) is 0. The summed E-state index contributed by atoms with van der Waals surface area (Å²) < 4.78 is 0. The van der Waals surface area contributed by atoms with E-state index in [-0.39, 0.29) is 0 Å². The van der Waals surface area contributed by atoms with E-state index in [0.717, 1.165) is 6.54 Å². The van der Waals surface area contributed by atoms with Gasteiger partial charge >= 0.3 is 0 Å².